The molecule has 0 amide bonds. The van der Waals surface area contributed by atoms with Gasteiger partial charge in [-0.3, -0.25) is 0 Å². The Morgan fingerprint density at radius 2 is 2.06 bits per heavy atom. The number of halogens is 1. The van der Waals surface area contributed by atoms with Crippen molar-refractivity contribution in [1.29, 1.82) is 0 Å². The van der Waals surface area contributed by atoms with Crippen LogP contribution in [0.2, 0.25) is 0 Å². The second kappa shape index (κ2) is 5.48. The molecular weight excluding hydrogens is 304 g/mol. The zero-order chi connectivity index (χ0) is 12.3. The summed E-state index contributed by atoms with van der Waals surface area (Å²) in [6, 6.07) is 6.90. The van der Waals surface area contributed by atoms with Crippen LogP contribution in [-0.2, 0) is 10.0 Å². The number of nitrogens with one attached hydrogen (secondary N) is 2. The molecule has 1 saturated heterocycles. The Morgan fingerprint density at radius 3 is 2.65 bits per heavy atom. The molecule has 0 spiro atoms. The first-order valence-electron chi connectivity index (χ1n) is 5.56. The van der Waals surface area contributed by atoms with Crippen molar-refractivity contribution in [1.82, 2.24) is 10.0 Å². The van der Waals surface area contributed by atoms with Crippen LogP contribution in [0.4, 0.5) is 0 Å². The Labute approximate surface area is 110 Å². The lowest BCUT2D eigenvalue weighted by Crippen LogP contribution is -2.37. The van der Waals surface area contributed by atoms with Crippen LogP contribution < -0.4 is 10.0 Å². The summed E-state index contributed by atoms with van der Waals surface area (Å²) in [4.78, 5) is 0.304. The summed E-state index contributed by atoms with van der Waals surface area (Å²) in [5.74, 6) is 0. The van der Waals surface area contributed by atoms with Gasteiger partial charge in [-0.2, -0.15) is 0 Å². The maximum absolute atomic E-state index is 11.9. The lowest BCUT2D eigenvalue weighted by atomic mass is 10.2. The third-order valence-electron chi connectivity index (χ3n) is 2.81. The molecule has 1 aliphatic heterocycles. The van der Waals surface area contributed by atoms with Crippen LogP contribution in [0.15, 0.2) is 33.6 Å². The van der Waals surface area contributed by atoms with Gasteiger partial charge in [-0.15, -0.1) is 0 Å². The molecule has 1 heterocycles. The Bertz CT molecular complexity index is 467. The van der Waals surface area contributed by atoms with Gasteiger partial charge in [0.1, 0.15) is 0 Å². The second-order valence-corrected chi connectivity index (χ2v) is 6.78. The van der Waals surface area contributed by atoms with Gasteiger partial charge in [0.05, 0.1) is 4.90 Å². The minimum atomic E-state index is -3.38. The lowest BCUT2D eigenvalue weighted by molar-refractivity contribution is 0.552. The highest BCUT2D eigenvalue weighted by Gasteiger charge is 2.18. The van der Waals surface area contributed by atoms with Crippen molar-refractivity contribution in [3.05, 3.63) is 28.7 Å². The molecule has 1 aliphatic rings. The Kier molecular flexibility index (Phi) is 4.19. The van der Waals surface area contributed by atoms with Crippen LogP contribution in [0.25, 0.3) is 0 Å². The van der Waals surface area contributed by atoms with Gasteiger partial charge < -0.3 is 5.32 Å². The van der Waals surface area contributed by atoms with E-state index in [9.17, 15) is 8.42 Å². The van der Waals surface area contributed by atoms with E-state index in [-0.39, 0.29) is 6.04 Å². The highest BCUT2D eigenvalue weighted by atomic mass is 79.9. The highest BCUT2D eigenvalue weighted by Crippen LogP contribution is 2.14. The van der Waals surface area contributed by atoms with Crippen LogP contribution in [-0.4, -0.2) is 27.5 Å². The van der Waals surface area contributed by atoms with Crippen molar-refractivity contribution in [3.63, 3.8) is 0 Å². The fourth-order valence-electron chi connectivity index (χ4n) is 1.84. The number of hydrogen-bond acceptors (Lipinski definition) is 3. The molecule has 17 heavy (non-hydrogen) atoms. The largest absolute Gasteiger partial charge is 0.313 e. The van der Waals surface area contributed by atoms with E-state index in [1.807, 2.05) is 0 Å². The summed E-state index contributed by atoms with van der Waals surface area (Å²) >= 11 is 3.28. The van der Waals surface area contributed by atoms with Crippen LogP contribution >= 0.6 is 15.9 Å². The van der Waals surface area contributed by atoms with Crippen molar-refractivity contribution in [2.45, 2.75) is 23.8 Å². The molecule has 1 unspecified atom stereocenters. The third-order valence-corrected chi connectivity index (χ3v) is 4.77. The zero-order valence-electron chi connectivity index (χ0n) is 9.32. The maximum Gasteiger partial charge on any atom is 0.240 e. The Balaban J connectivity index is 2.00. The first kappa shape index (κ1) is 13.0. The van der Waals surface area contributed by atoms with Gasteiger partial charge in [0.25, 0.3) is 0 Å². The normalized spacial score (nSPS) is 20.6. The first-order chi connectivity index (χ1) is 8.08. The molecule has 94 valence electrons. The fraction of sp³-hybridized carbons (Fsp3) is 0.455. The number of rotatable bonds is 4. The quantitative estimate of drug-likeness (QED) is 0.884. The van der Waals surface area contributed by atoms with Crippen molar-refractivity contribution in [3.8, 4) is 0 Å². The summed E-state index contributed by atoms with van der Waals surface area (Å²) in [5, 5.41) is 3.26. The second-order valence-electron chi connectivity index (χ2n) is 4.10. The smallest absolute Gasteiger partial charge is 0.240 e. The molecule has 0 radical (unpaired) electrons. The number of benzene rings is 1. The van der Waals surface area contributed by atoms with Gasteiger partial charge in [-0.05, 0) is 43.7 Å². The number of hydrogen-bond donors (Lipinski definition) is 2. The van der Waals surface area contributed by atoms with Gasteiger partial charge in [0.2, 0.25) is 10.0 Å². The van der Waals surface area contributed by atoms with E-state index in [1.54, 1.807) is 24.3 Å². The van der Waals surface area contributed by atoms with Gasteiger partial charge in [-0.1, -0.05) is 15.9 Å². The highest BCUT2D eigenvalue weighted by molar-refractivity contribution is 9.10. The topological polar surface area (TPSA) is 58.2 Å². The molecule has 4 nitrogen and oxygen atoms in total. The van der Waals surface area contributed by atoms with Crippen molar-refractivity contribution in [2.24, 2.45) is 0 Å². The fourth-order valence-corrected chi connectivity index (χ4v) is 3.18. The third kappa shape index (κ3) is 3.51. The first-order valence-corrected chi connectivity index (χ1v) is 7.84. The van der Waals surface area contributed by atoms with E-state index < -0.39 is 10.0 Å². The van der Waals surface area contributed by atoms with Gasteiger partial charge >= 0.3 is 0 Å². The van der Waals surface area contributed by atoms with E-state index in [1.165, 1.54) is 0 Å². The maximum atomic E-state index is 11.9. The molecule has 1 aromatic carbocycles. The lowest BCUT2D eigenvalue weighted by Gasteiger charge is -2.12. The molecule has 0 aliphatic carbocycles. The van der Waals surface area contributed by atoms with E-state index in [0.717, 1.165) is 23.9 Å². The molecule has 1 aromatic rings. The minimum Gasteiger partial charge on any atom is -0.313 e. The monoisotopic (exact) mass is 318 g/mol. The van der Waals surface area contributed by atoms with Gasteiger partial charge in [0.15, 0.2) is 0 Å². The summed E-state index contributed by atoms with van der Waals surface area (Å²) in [5.41, 5.74) is 0. The van der Waals surface area contributed by atoms with Crippen LogP contribution in [0.3, 0.4) is 0 Å². The molecule has 0 aromatic heterocycles. The van der Waals surface area contributed by atoms with Crippen molar-refractivity contribution < 1.29 is 8.42 Å². The molecule has 1 fully saturated rings. The SMILES string of the molecule is O=S(=O)(NCC1CCCN1)c1ccc(Br)cc1. The zero-order valence-corrected chi connectivity index (χ0v) is 11.7. The van der Waals surface area contributed by atoms with E-state index in [0.29, 0.717) is 11.4 Å². The minimum absolute atomic E-state index is 0.264. The predicted octanol–water partition coefficient (Wildman–Crippen LogP) is 1.48. The molecule has 2 rings (SSSR count). The van der Waals surface area contributed by atoms with Gasteiger partial charge in [-0.25, -0.2) is 13.1 Å². The van der Waals surface area contributed by atoms with Crippen LogP contribution in [0, 0.1) is 0 Å². The summed E-state index contributed by atoms with van der Waals surface area (Å²) in [6.07, 6.45) is 2.15. The molecule has 0 bridgehead atoms. The standard InChI is InChI=1S/C11H15BrN2O2S/c12-9-3-5-11(6-4-9)17(15,16)14-8-10-2-1-7-13-10/h3-6,10,13-14H,1-2,7-8H2. The van der Waals surface area contributed by atoms with E-state index in [2.05, 4.69) is 26.0 Å². The molecule has 1 atom stereocenters. The summed E-state index contributed by atoms with van der Waals surface area (Å²) in [6.45, 7) is 1.43. The van der Waals surface area contributed by atoms with Gasteiger partial charge in [0, 0.05) is 17.1 Å². The van der Waals surface area contributed by atoms with Crippen molar-refractivity contribution in [2.75, 3.05) is 13.1 Å². The van der Waals surface area contributed by atoms with Crippen molar-refractivity contribution >= 4 is 26.0 Å². The average Bonchev–Trinajstić information content (AvgIpc) is 2.80. The molecule has 6 heteroatoms. The number of sulfonamides is 1. The average molecular weight is 319 g/mol. The molecule has 2 N–H and O–H groups in total. The van der Waals surface area contributed by atoms with E-state index >= 15 is 0 Å². The van der Waals surface area contributed by atoms with E-state index in [4.69, 9.17) is 0 Å². The summed E-state index contributed by atoms with van der Waals surface area (Å²) in [7, 11) is -3.38. The molecular formula is C11H15BrN2O2S. The molecule has 0 saturated carbocycles. The van der Waals surface area contributed by atoms with Crippen LogP contribution in [0.1, 0.15) is 12.8 Å². The Morgan fingerprint density at radius 1 is 1.35 bits per heavy atom. The Hall–Kier alpha value is -0.430. The summed E-state index contributed by atoms with van der Waals surface area (Å²) < 4.78 is 27.4. The predicted molar refractivity (Wildman–Crippen MR) is 70.4 cm³/mol. The van der Waals surface area contributed by atoms with Crippen LogP contribution in [0.5, 0.6) is 0 Å².